The highest BCUT2D eigenvalue weighted by Gasteiger charge is 2.10. The van der Waals surface area contributed by atoms with Gasteiger partial charge in [0.15, 0.2) is 0 Å². The molecule has 1 aromatic carbocycles. The van der Waals surface area contributed by atoms with Crippen LogP contribution >= 0.6 is 0 Å². The van der Waals surface area contributed by atoms with E-state index in [0.29, 0.717) is 17.3 Å². The number of benzene rings is 1. The fourth-order valence-corrected chi connectivity index (χ4v) is 1.54. The lowest BCUT2D eigenvalue weighted by molar-refractivity contribution is 0.360. The standard InChI is InChI=1S/C14H15N5O2/c1-3-8-16-12-17-13(20-2)19-14(18-12)21-11-7-5-4-6-10(11)9-15/h4-7H,3,8H2,1-2H3,(H,16,17,18,19). The number of nitrogens with one attached hydrogen (secondary N) is 1. The summed E-state index contributed by atoms with van der Waals surface area (Å²) in [7, 11) is 1.46. The predicted octanol–water partition coefficient (Wildman–Crippen LogP) is 2.37. The molecule has 7 heteroatoms. The smallest absolute Gasteiger partial charge is 0.330 e. The summed E-state index contributed by atoms with van der Waals surface area (Å²) in [4.78, 5) is 12.2. The molecule has 0 amide bonds. The van der Waals surface area contributed by atoms with Crippen LogP contribution in [0, 0.1) is 11.3 Å². The summed E-state index contributed by atoms with van der Waals surface area (Å²) >= 11 is 0. The van der Waals surface area contributed by atoms with E-state index in [9.17, 15) is 0 Å². The minimum Gasteiger partial charge on any atom is -0.467 e. The van der Waals surface area contributed by atoms with Gasteiger partial charge in [0.2, 0.25) is 5.95 Å². The lowest BCUT2D eigenvalue weighted by Crippen LogP contribution is -2.07. The molecule has 0 unspecified atom stereocenters. The Kier molecular flexibility index (Phi) is 4.88. The van der Waals surface area contributed by atoms with Gasteiger partial charge in [-0.05, 0) is 18.6 Å². The van der Waals surface area contributed by atoms with Crippen LogP contribution in [0.15, 0.2) is 24.3 Å². The van der Waals surface area contributed by atoms with Crippen molar-refractivity contribution in [3.05, 3.63) is 29.8 Å². The Balaban J connectivity index is 2.28. The van der Waals surface area contributed by atoms with Crippen LogP contribution < -0.4 is 14.8 Å². The zero-order chi connectivity index (χ0) is 15.1. The first-order valence-electron chi connectivity index (χ1n) is 6.47. The molecule has 0 saturated heterocycles. The number of para-hydroxylation sites is 1. The van der Waals surface area contributed by atoms with E-state index in [1.165, 1.54) is 7.11 Å². The average Bonchev–Trinajstić information content (AvgIpc) is 2.53. The molecule has 21 heavy (non-hydrogen) atoms. The molecule has 0 bridgehead atoms. The fraction of sp³-hybridized carbons (Fsp3) is 0.286. The van der Waals surface area contributed by atoms with Crippen LogP contribution in [-0.2, 0) is 0 Å². The lowest BCUT2D eigenvalue weighted by Gasteiger charge is -2.08. The first kappa shape index (κ1) is 14.5. The number of methoxy groups -OCH3 is 1. The monoisotopic (exact) mass is 285 g/mol. The molecule has 108 valence electrons. The van der Waals surface area contributed by atoms with E-state index in [1.807, 2.05) is 6.92 Å². The maximum atomic E-state index is 9.05. The second-order valence-electron chi connectivity index (χ2n) is 4.07. The largest absolute Gasteiger partial charge is 0.467 e. The number of hydrogen-bond acceptors (Lipinski definition) is 7. The van der Waals surface area contributed by atoms with E-state index in [0.717, 1.165) is 13.0 Å². The van der Waals surface area contributed by atoms with Crippen LogP contribution in [0.2, 0.25) is 0 Å². The third kappa shape index (κ3) is 3.79. The summed E-state index contributed by atoms with van der Waals surface area (Å²) < 4.78 is 10.6. The molecule has 0 aliphatic carbocycles. The fourth-order valence-electron chi connectivity index (χ4n) is 1.54. The molecule has 1 aromatic heterocycles. The van der Waals surface area contributed by atoms with Gasteiger partial charge >= 0.3 is 12.0 Å². The molecular formula is C14H15N5O2. The van der Waals surface area contributed by atoms with Crippen molar-refractivity contribution in [2.45, 2.75) is 13.3 Å². The number of aromatic nitrogens is 3. The molecule has 1 N–H and O–H groups in total. The summed E-state index contributed by atoms with van der Waals surface area (Å²) in [5, 5.41) is 12.1. The van der Waals surface area contributed by atoms with Gasteiger partial charge in [0.1, 0.15) is 11.8 Å². The van der Waals surface area contributed by atoms with Gasteiger partial charge in [0.05, 0.1) is 12.7 Å². The highest BCUT2D eigenvalue weighted by atomic mass is 16.5. The molecule has 0 fully saturated rings. The van der Waals surface area contributed by atoms with Crippen molar-refractivity contribution < 1.29 is 9.47 Å². The molecule has 2 rings (SSSR count). The summed E-state index contributed by atoms with van der Waals surface area (Å²) in [6, 6.07) is 9.13. The van der Waals surface area contributed by atoms with Gasteiger partial charge in [0, 0.05) is 6.54 Å². The van der Waals surface area contributed by atoms with Crippen LogP contribution in [0.4, 0.5) is 5.95 Å². The van der Waals surface area contributed by atoms with Crippen molar-refractivity contribution in [2.24, 2.45) is 0 Å². The van der Waals surface area contributed by atoms with Gasteiger partial charge in [-0.15, -0.1) is 4.98 Å². The first-order valence-corrected chi connectivity index (χ1v) is 6.47. The van der Waals surface area contributed by atoms with E-state index in [2.05, 4.69) is 26.3 Å². The van der Waals surface area contributed by atoms with E-state index in [4.69, 9.17) is 14.7 Å². The molecule has 0 spiro atoms. The maximum Gasteiger partial charge on any atom is 0.330 e. The SMILES string of the molecule is CCCNc1nc(OC)nc(Oc2ccccc2C#N)n1. The van der Waals surface area contributed by atoms with Crippen LogP contribution in [0.5, 0.6) is 17.8 Å². The van der Waals surface area contributed by atoms with Crippen molar-refractivity contribution in [3.63, 3.8) is 0 Å². The van der Waals surface area contributed by atoms with E-state index >= 15 is 0 Å². The van der Waals surface area contributed by atoms with Gasteiger partial charge in [-0.25, -0.2) is 0 Å². The van der Waals surface area contributed by atoms with E-state index in [-0.39, 0.29) is 12.0 Å². The molecule has 2 aromatic rings. The Hall–Kier alpha value is -2.88. The highest BCUT2D eigenvalue weighted by Crippen LogP contribution is 2.23. The van der Waals surface area contributed by atoms with Gasteiger partial charge in [-0.3, -0.25) is 0 Å². The van der Waals surface area contributed by atoms with E-state index in [1.54, 1.807) is 24.3 Å². The van der Waals surface area contributed by atoms with Crippen molar-refractivity contribution in [2.75, 3.05) is 19.0 Å². The number of rotatable bonds is 6. The van der Waals surface area contributed by atoms with Gasteiger partial charge in [0.25, 0.3) is 0 Å². The molecule has 0 radical (unpaired) electrons. The van der Waals surface area contributed by atoms with Crippen LogP contribution in [0.3, 0.4) is 0 Å². The molecule has 0 aliphatic heterocycles. The third-order valence-electron chi connectivity index (χ3n) is 2.52. The summed E-state index contributed by atoms with van der Waals surface area (Å²) in [5.41, 5.74) is 0.403. The summed E-state index contributed by atoms with van der Waals surface area (Å²) in [6.45, 7) is 2.76. The van der Waals surface area contributed by atoms with Crippen molar-refractivity contribution in [3.8, 4) is 23.8 Å². The second kappa shape index (κ2) is 7.05. The quantitative estimate of drug-likeness (QED) is 0.870. The normalized spacial score (nSPS) is 9.76. The molecule has 0 atom stereocenters. The van der Waals surface area contributed by atoms with Crippen molar-refractivity contribution in [1.82, 2.24) is 15.0 Å². The number of nitrogens with zero attached hydrogens (tertiary/aromatic N) is 4. The van der Waals surface area contributed by atoms with Crippen molar-refractivity contribution >= 4 is 5.95 Å². The Labute approximate surface area is 122 Å². The maximum absolute atomic E-state index is 9.05. The Morgan fingerprint density at radius 3 is 2.67 bits per heavy atom. The summed E-state index contributed by atoms with van der Waals surface area (Å²) in [5.74, 6) is 0.753. The average molecular weight is 285 g/mol. The van der Waals surface area contributed by atoms with Crippen LogP contribution in [-0.4, -0.2) is 28.6 Å². The van der Waals surface area contributed by atoms with Crippen LogP contribution in [0.1, 0.15) is 18.9 Å². The molecule has 7 nitrogen and oxygen atoms in total. The van der Waals surface area contributed by atoms with Gasteiger partial charge < -0.3 is 14.8 Å². The number of nitriles is 1. The minimum atomic E-state index is 0.0724. The number of hydrogen-bond donors (Lipinski definition) is 1. The highest BCUT2D eigenvalue weighted by molar-refractivity contribution is 5.44. The zero-order valence-electron chi connectivity index (χ0n) is 11.8. The molecular weight excluding hydrogens is 270 g/mol. The first-order chi connectivity index (χ1) is 10.3. The van der Waals surface area contributed by atoms with Crippen LogP contribution in [0.25, 0.3) is 0 Å². The topological polar surface area (TPSA) is 93.0 Å². The number of ether oxygens (including phenoxy) is 2. The molecule has 1 heterocycles. The summed E-state index contributed by atoms with van der Waals surface area (Å²) in [6.07, 6.45) is 0.932. The predicted molar refractivity (Wildman–Crippen MR) is 76.4 cm³/mol. The Morgan fingerprint density at radius 2 is 1.95 bits per heavy atom. The third-order valence-corrected chi connectivity index (χ3v) is 2.52. The molecule has 0 saturated carbocycles. The lowest BCUT2D eigenvalue weighted by atomic mass is 10.2. The molecule has 0 aliphatic rings. The van der Waals surface area contributed by atoms with Gasteiger partial charge in [-0.2, -0.15) is 15.2 Å². The van der Waals surface area contributed by atoms with Crippen molar-refractivity contribution in [1.29, 1.82) is 5.26 Å². The zero-order valence-corrected chi connectivity index (χ0v) is 11.8. The van der Waals surface area contributed by atoms with Gasteiger partial charge in [-0.1, -0.05) is 19.1 Å². The Bertz CT molecular complexity index is 654. The Morgan fingerprint density at radius 1 is 1.19 bits per heavy atom. The minimum absolute atomic E-state index is 0.0724. The second-order valence-corrected chi connectivity index (χ2v) is 4.07. The van der Waals surface area contributed by atoms with E-state index < -0.39 is 0 Å². The number of anilines is 1.